The second kappa shape index (κ2) is 6.53. The van der Waals surface area contributed by atoms with Crippen LogP contribution in [0.5, 0.6) is 0 Å². The van der Waals surface area contributed by atoms with Gasteiger partial charge in [0.05, 0.1) is 5.02 Å². The van der Waals surface area contributed by atoms with Crippen molar-refractivity contribution in [3.05, 3.63) is 29.3 Å². The van der Waals surface area contributed by atoms with Crippen molar-refractivity contribution in [3.8, 4) is 0 Å². The molecule has 0 radical (unpaired) electrons. The molecule has 6 nitrogen and oxygen atoms in total. The normalized spacial score (nSPS) is 15.5. The molecule has 0 aromatic heterocycles. The largest absolute Gasteiger partial charge is 0.430 e. The van der Waals surface area contributed by atoms with E-state index >= 15 is 0 Å². The molecule has 0 aliphatic rings. The number of hydrogen-bond donors (Lipinski definition) is 2. The minimum Gasteiger partial charge on any atom is -0.350 e. The minimum atomic E-state index is -6.15. The molecule has 1 rings (SSSR count). The number of nitrogens with one attached hydrogen (secondary N) is 1. The van der Waals surface area contributed by atoms with Gasteiger partial charge in [0.25, 0.3) is 15.7 Å². The van der Waals surface area contributed by atoms with Crippen LogP contribution in [-0.2, 0) is 10.0 Å². The van der Waals surface area contributed by atoms with Gasteiger partial charge in [0.15, 0.2) is 0 Å². The summed E-state index contributed by atoms with van der Waals surface area (Å²) in [5, 5.41) is -1.96. The molecule has 0 saturated carbocycles. The zero-order valence-electron chi connectivity index (χ0n) is 12.1. The minimum absolute atomic E-state index is 0.499. The van der Waals surface area contributed by atoms with Crippen molar-refractivity contribution in [3.63, 3.8) is 0 Å². The first-order valence-electron chi connectivity index (χ1n) is 6.06. The van der Waals surface area contributed by atoms with Crippen molar-refractivity contribution < 1.29 is 39.6 Å². The van der Waals surface area contributed by atoms with Crippen LogP contribution < -0.4 is 10.6 Å². The van der Waals surface area contributed by atoms with Crippen LogP contribution in [0.15, 0.2) is 29.2 Å². The maximum absolute atomic E-state index is 13.9. The third kappa shape index (κ3) is 3.93. The average Bonchev–Trinajstić information content (AvgIpc) is 2.43. The molecule has 2 amide bonds. The highest BCUT2D eigenvalue weighted by molar-refractivity contribution is 7.89. The predicted molar refractivity (Wildman–Crippen MR) is 73.7 cm³/mol. The fourth-order valence-electron chi connectivity index (χ4n) is 1.45. The summed E-state index contributed by atoms with van der Waals surface area (Å²) < 4.78 is 103. The number of urea groups is 1. The Morgan fingerprint density at radius 1 is 1.16 bits per heavy atom. The van der Waals surface area contributed by atoms with E-state index in [1.165, 1.54) is 6.07 Å². The Morgan fingerprint density at radius 3 is 2.04 bits per heavy atom. The van der Waals surface area contributed by atoms with E-state index in [4.69, 9.17) is 11.6 Å². The second-order valence-electron chi connectivity index (χ2n) is 4.74. The molecule has 0 aliphatic heterocycles. The molecule has 14 heteroatoms. The summed E-state index contributed by atoms with van der Waals surface area (Å²) >= 11 is 5.55. The van der Waals surface area contributed by atoms with Crippen LogP contribution in [0.4, 0.5) is 31.1 Å². The van der Waals surface area contributed by atoms with Gasteiger partial charge in [-0.3, -0.25) is 0 Å². The van der Waals surface area contributed by atoms with Gasteiger partial charge < -0.3 is 5.73 Å². The number of nitrogens with zero attached hydrogens (tertiary/aromatic N) is 1. The number of hydrazine groups is 1. The van der Waals surface area contributed by atoms with Crippen molar-refractivity contribution in [1.82, 2.24) is 9.84 Å². The summed E-state index contributed by atoms with van der Waals surface area (Å²) in [5.41, 5.74) is -0.822. The highest BCUT2D eigenvalue weighted by Crippen LogP contribution is 2.46. The smallest absolute Gasteiger partial charge is 0.350 e. The Labute approximate surface area is 142 Å². The first kappa shape index (κ1) is 21.3. The number of sulfonamides is 1. The summed E-state index contributed by atoms with van der Waals surface area (Å²) in [6.07, 6.45) is -6.15. The van der Waals surface area contributed by atoms with Gasteiger partial charge in [-0.15, -0.1) is 4.83 Å². The van der Waals surface area contributed by atoms with Gasteiger partial charge in [0, 0.05) is 0 Å². The molecule has 0 fully saturated rings. The maximum Gasteiger partial charge on any atom is 0.430 e. The Morgan fingerprint density at radius 2 is 1.64 bits per heavy atom. The number of nitrogens with two attached hydrogens (primary N) is 1. The number of halogens is 7. The summed E-state index contributed by atoms with van der Waals surface area (Å²) in [6.45, 7) is -0.577. The van der Waals surface area contributed by atoms with E-state index in [-0.39, 0.29) is 0 Å². The van der Waals surface area contributed by atoms with Gasteiger partial charge in [-0.1, -0.05) is 23.7 Å². The van der Waals surface area contributed by atoms with Crippen LogP contribution >= 0.6 is 11.6 Å². The molecular weight excluding hydrogens is 404 g/mol. The first-order chi connectivity index (χ1) is 11.1. The average molecular weight is 414 g/mol. The number of carbonyl (C=O) groups is 1. The molecule has 0 bridgehead atoms. The van der Waals surface area contributed by atoms with Crippen molar-refractivity contribution >= 4 is 27.7 Å². The highest BCUT2D eigenvalue weighted by atomic mass is 35.5. The Hall–Kier alpha value is -1.73. The fourth-order valence-corrected chi connectivity index (χ4v) is 3.02. The van der Waals surface area contributed by atoms with E-state index in [1.54, 1.807) is 0 Å². The molecular formula is C11H10ClF6N3O3S. The molecule has 1 aromatic carbocycles. The van der Waals surface area contributed by atoms with Gasteiger partial charge in [-0.25, -0.2) is 17.6 Å². The SMILES string of the molecule is CC(F)(C(F)(F)F)C(F)(F)N(NS(=O)(=O)c1ccccc1Cl)C(N)=O. The molecule has 1 unspecified atom stereocenters. The summed E-state index contributed by atoms with van der Waals surface area (Å²) in [6, 6.07) is -3.88. The number of alkyl halides is 6. The van der Waals surface area contributed by atoms with E-state index in [0.29, 0.717) is 0 Å². The fraction of sp³-hybridized carbons (Fsp3) is 0.364. The number of rotatable bonds is 5. The number of primary amides is 1. The van der Waals surface area contributed by atoms with Crippen LogP contribution in [0, 0.1) is 0 Å². The molecule has 142 valence electrons. The van der Waals surface area contributed by atoms with Crippen molar-refractivity contribution in [1.29, 1.82) is 0 Å². The number of hydrogen-bond acceptors (Lipinski definition) is 3. The second-order valence-corrected chi connectivity index (χ2v) is 6.78. The maximum atomic E-state index is 13.9. The van der Waals surface area contributed by atoms with Crippen molar-refractivity contribution in [2.75, 3.05) is 0 Å². The van der Waals surface area contributed by atoms with Crippen LogP contribution in [0.3, 0.4) is 0 Å². The third-order valence-electron chi connectivity index (χ3n) is 2.94. The van der Waals surface area contributed by atoms with E-state index in [2.05, 4.69) is 5.73 Å². The van der Waals surface area contributed by atoms with Crippen LogP contribution in [0.2, 0.25) is 5.02 Å². The molecule has 0 spiro atoms. The zero-order chi connectivity index (χ0) is 19.8. The van der Waals surface area contributed by atoms with Crippen LogP contribution in [0.1, 0.15) is 6.92 Å². The Kier molecular flexibility index (Phi) is 5.57. The highest BCUT2D eigenvalue weighted by Gasteiger charge is 2.72. The summed E-state index contributed by atoms with van der Waals surface area (Å²) in [7, 11) is -5.09. The summed E-state index contributed by atoms with van der Waals surface area (Å²) in [4.78, 5) is 11.1. The van der Waals surface area contributed by atoms with Gasteiger partial charge in [0.2, 0.25) is 0 Å². The first-order valence-corrected chi connectivity index (χ1v) is 7.92. The Balaban J connectivity index is 3.40. The van der Waals surface area contributed by atoms with E-state index in [9.17, 15) is 39.6 Å². The van der Waals surface area contributed by atoms with Gasteiger partial charge in [-0.2, -0.15) is 27.0 Å². The zero-order valence-corrected chi connectivity index (χ0v) is 13.7. The lowest BCUT2D eigenvalue weighted by atomic mass is 10.1. The quantitative estimate of drug-likeness (QED) is 0.441. The molecule has 1 atom stereocenters. The lowest BCUT2D eigenvalue weighted by Crippen LogP contribution is -2.68. The number of carbonyl (C=O) groups excluding carboxylic acids is 1. The molecule has 25 heavy (non-hydrogen) atoms. The molecule has 0 aliphatic carbocycles. The monoisotopic (exact) mass is 413 g/mol. The van der Waals surface area contributed by atoms with Gasteiger partial charge in [0.1, 0.15) is 4.90 Å². The van der Waals surface area contributed by atoms with Gasteiger partial charge >= 0.3 is 18.3 Å². The van der Waals surface area contributed by atoms with Crippen molar-refractivity contribution in [2.24, 2.45) is 5.73 Å². The van der Waals surface area contributed by atoms with Crippen LogP contribution in [0.25, 0.3) is 0 Å². The topological polar surface area (TPSA) is 92.5 Å². The van der Waals surface area contributed by atoms with Gasteiger partial charge in [-0.05, 0) is 19.1 Å². The lowest BCUT2D eigenvalue weighted by Gasteiger charge is -2.37. The standard InChI is InChI=1S/C11H10ClF6N3O3S/c1-9(13,10(14,15)16)11(17,18)21(8(19)22)20-25(23,24)7-5-3-2-4-6(7)12/h2-5,20H,1H3,(H2,19,22). The third-order valence-corrected chi connectivity index (χ3v) is 4.74. The molecule has 0 heterocycles. The van der Waals surface area contributed by atoms with E-state index in [1.807, 2.05) is 0 Å². The number of benzene rings is 1. The lowest BCUT2D eigenvalue weighted by molar-refractivity contribution is -0.329. The predicted octanol–water partition coefficient (Wildman–Crippen LogP) is 2.80. The number of amides is 2. The molecule has 0 saturated heterocycles. The van der Waals surface area contributed by atoms with E-state index < -0.39 is 55.8 Å². The molecule has 1 aromatic rings. The molecule has 3 N–H and O–H groups in total. The Bertz CT molecular complexity index is 769. The summed E-state index contributed by atoms with van der Waals surface area (Å²) in [5.74, 6) is 0. The van der Waals surface area contributed by atoms with E-state index in [0.717, 1.165) is 23.0 Å². The van der Waals surface area contributed by atoms with Crippen LogP contribution in [-0.4, -0.2) is 37.3 Å². The van der Waals surface area contributed by atoms with Crippen molar-refractivity contribution in [2.45, 2.75) is 29.7 Å².